The first-order valence-corrected chi connectivity index (χ1v) is 10.1. The molecule has 0 aliphatic carbocycles. The van der Waals surface area contributed by atoms with Crippen LogP contribution in [0.5, 0.6) is 0 Å². The van der Waals surface area contributed by atoms with Gasteiger partial charge in [0.25, 0.3) is 11.8 Å². The van der Waals surface area contributed by atoms with Gasteiger partial charge in [-0.05, 0) is 30.2 Å². The van der Waals surface area contributed by atoms with E-state index in [1.165, 1.54) is 12.6 Å². The van der Waals surface area contributed by atoms with E-state index in [9.17, 15) is 9.59 Å². The average Bonchev–Trinajstić information content (AvgIpc) is 3.50. The Morgan fingerprint density at radius 1 is 1.03 bits per heavy atom. The molecular weight excluding hydrogens is 380 g/mol. The zero-order valence-electron chi connectivity index (χ0n) is 16.6. The van der Waals surface area contributed by atoms with E-state index < -0.39 is 0 Å². The zero-order chi connectivity index (χ0) is 20.7. The molecule has 2 amide bonds. The highest BCUT2D eigenvalue weighted by molar-refractivity contribution is 5.93. The van der Waals surface area contributed by atoms with E-state index in [4.69, 9.17) is 4.42 Å². The fraction of sp³-hybridized carbons (Fsp3) is 0.304. The lowest BCUT2D eigenvalue weighted by molar-refractivity contribution is 0.0662. The maximum absolute atomic E-state index is 13.3. The number of carbonyl (C=O) groups excluding carboxylic acids is 2. The molecule has 0 spiro atoms. The quantitative estimate of drug-likeness (QED) is 0.673. The largest absolute Gasteiger partial charge is 0.438 e. The Balaban J connectivity index is 1.47. The minimum absolute atomic E-state index is 0.0636. The number of likely N-dealkylation sites (tertiary alicyclic amines) is 2. The predicted octanol–water partition coefficient (Wildman–Crippen LogP) is 2.96. The summed E-state index contributed by atoms with van der Waals surface area (Å²) in [6.45, 7) is 3.84. The summed E-state index contributed by atoms with van der Waals surface area (Å²) in [6.07, 6.45) is 4.37. The lowest BCUT2D eigenvalue weighted by atomic mass is 9.87. The van der Waals surface area contributed by atoms with Crippen LogP contribution in [-0.4, -0.2) is 51.2 Å². The molecule has 152 valence electrons. The van der Waals surface area contributed by atoms with Crippen molar-refractivity contribution in [3.8, 4) is 0 Å². The van der Waals surface area contributed by atoms with Gasteiger partial charge in [-0.1, -0.05) is 30.3 Å². The molecule has 2 fully saturated rings. The standard InChI is InChI=1S/C23H22N4O3/c1-15-6-2-3-7-17(15)21-18-13-26(23(29)20-10-24-14-30-20)11-16(18)12-27(21)22(28)19-8-4-5-9-25-19/h2-10,14,16,18,21H,11-13H2,1H3/t16-,18-,21+/m0/s1. The number of carbonyl (C=O) groups is 2. The second-order valence-electron chi connectivity index (χ2n) is 7.97. The molecule has 7 nitrogen and oxygen atoms in total. The van der Waals surface area contributed by atoms with Gasteiger partial charge in [-0.25, -0.2) is 4.98 Å². The van der Waals surface area contributed by atoms with Gasteiger partial charge in [0.05, 0.1) is 12.2 Å². The fourth-order valence-electron chi connectivity index (χ4n) is 4.85. The van der Waals surface area contributed by atoms with Crippen LogP contribution in [0.1, 0.15) is 38.2 Å². The Labute approximate surface area is 174 Å². The van der Waals surface area contributed by atoms with Crippen molar-refractivity contribution in [1.29, 1.82) is 0 Å². The molecule has 3 aromatic rings. The molecule has 30 heavy (non-hydrogen) atoms. The van der Waals surface area contributed by atoms with Crippen molar-refractivity contribution in [3.63, 3.8) is 0 Å². The number of benzene rings is 1. The third-order valence-corrected chi connectivity index (χ3v) is 6.25. The molecule has 3 atom stereocenters. The Bertz CT molecular complexity index is 1070. The number of aryl methyl sites for hydroxylation is 1. The van der Waals surface area contributed by atoms with Crippen molar-refractivity contribution >= 4 is 11.8 Å². The minimum atomic E-state index is -0.145. The number of nitrogens with zero attached hydrogens (tertiary/aromatic N) is 4. The number of hydrogen-bond acceptors (Lipinski definition) is 5. The number of amides is 2. The van der Waals surface area contributed by atoms with Crippen LogP contribution in [0.25, 0.3) is 0 Å². The van der Waals surface area contributed by atoms with Crippen molar-refractivity contribution < 1.29 is 14.0 Å². The van der Waals surface area contributed by atoms with Gasteiger partial charge in [0.15, 0.2) is 6.39 Å². The fourth-order valence-corrected chi connectivity index (χ4v) is 4.85. The molecule has 0 bridgehead atoms. The lowest BCUT2D eigenvalue weighted by Gasteiger charge is -2.30. The van der Waals surface area contributed by atoms with Crippen molar-refractivity contribution in [2.24, 2.45) is 11.8 Å². The molecule has 2 aromatic heterocycles. The van der Waals surface area contributed by atoms with Crippen molar-refractivity contribution in [2.75, 3.05) is 19.6 Å². The van der Waals surface area contributed by atoms with E-state index in [0.29, 0.717) is 25.3 Å². The zero-order valence-corrected chi connectivity index (χ0v) is 16.6. The highest BCUT2D eigenvalue weighted by Gasteiger charge is 2.51. The Morgan fingerprint density at radius 3 is 2.60 bits per heavy atom. The lowest BCUT2D eigenvalue weighted by Crippen LogP contribution is -2.38. The Hall–Kier alpha value is -3.48. The van der Waals surface area contributed by atoms with Crippen LogP contribution in [0.2, 0.25) is 0 Å². The first-order valence-electron chi connectivity index (χ1n) is 10.1. The third kappa shape index (κ3) is 3.07. The van der Waals surface area contributed by atoms with E-state index >= 15 is 0 Å². The van der Waals surface area contributed by atoms with Crippen LogP contribution in [0.15, 0.2) is 65.7 Å². The number of rotatable bonds is 3. The molecule has 7 heteroatoms. The van der Waals surface area contributed by atoms with E-state index in [2.05, 4.69) is 29.0 Å². The van der Waals surface area contributed by atoms with E-state index in [1.807, 2.05) is 28.0 Å². The molecular formula is C23H22N4O3. The summed E-state index contributed by atoms with van der Waals surface area (Å²) < 4.78 is 5.20. The maximum Gasteiger partial charge on any atom is 0.291 e. The first-order chi connectivity index (χ1) is 14.6. The molecule has 0 N–H and O–H groups in total. The van der Waals surface area contributed by atoms with Gasteiger partial charge in [0, 0.05) is 37.7 Å². The van der Waals surface area contributed by atoms with Crippen molar-refractivity contribution in [1.82, 2.24) is 19.8 Å². The molecule has 2 saturated heterocycles. The monoisotopic (exact) mass is 402 g/mol. The van der Waals surface area contributed by atoms with Crippen molar-refractivity contribution in [3.05, 3.63) is 83.8 Å². The summed E-state index contributed by atoms with van der Waals surface area (Å²) in [4.78, 5) is 38.0. The van der Waals surface area contributed by atoms with Crippen LogP contribution < -0.4 is 0 Å². The Kier molecular flexibility index (Phi) is 4.58. The summed E-state index contributed by atoms with van der Waals surface area (Å²) in [5.41, 5.74) is 2.72. The topological polar surface area (TPSA) is 79.5 Å². The van der Waals surface area contributed by atoms with Gasteiger partial charge in [-0.15, -0.1) is 0 Å². The van der Waals surface area contributed by atoms with Gasteiger partial charge in [0.2, 0.25) is 5.76 Å². The number of aromatic nitrogens is 2. The summed E-state index contributed by atoms with van der Waals surface area (Å²) in [5.74, 6) is 0.406. The van der Waals surface area contributed by atoms with Gasteiger partial charge in [-0.3, -0.25) is 14.6 Å². The van der Waals surface area contributed by atoms with Gasteiger partial charge >= 0.3 is 0 Å². The molecule has 1 aromatic carbocycles. The normalized spacial score (nSPS) is 22.9. The highest BCUT2D eigenvalue weighted by atomic mass is 16.3. The minimum Gasteiger partial charge on any atom is -0.438 e. The van der Waals surface area contributed by atoms with E-state index in [0.717, 1.165) is 11.1 Å². The smallest absolute Gasteiger partial charge is 0.291 e. The molecule has 2 aliphatic heterocycles. The molecule has 0 saturated carbocycles. The molecule has 0 radical (unpaired) electrons. The van der Waals surface area contributed by atoms with Gasteiger partial charge in [0.1, 0.15) is 5.69 Å². The summed E-state index contributed by atoms with van der Waals surface area (Å²) >= 11 is 0. The SMILES string of the molecule is Cc1ccccc1[C@@H]1[C@H]2CN(C(=O)c3cnco3)C[C@H]2CN1C(=O)c1ccccn1. The van der Waals surface area contributed by atoms with Gasteiger partial charge < -0.3 is 14.2 Å². The summed E-state index contributed by atoms with van der Waals surface area (Å²) in [7, 11) is 0. The predicted molar refractivity (Wildman–Crippen MR) is 109 cm³/mol. The second-order valence-corrected chi connectivity index (χ2v) is 7.97. The third-order valence-electron chi connectivity index (χ3n) is 6.25. The van der Waals surface area contributed by atoms with Crippen molar-refractivity contribution in [2.45, 2.75) is 13.0 Å². The molecule has 4 heterocycles. The number of fused-ring (bicyclic) bond motifs is 1. The first kappa shape index (κ1) is 18.5. The van der Waals surface area contributed by atoms with Crippen LogP contribution in [0.3, 0.4) is 0 Å². The molecule has 0 unspecified atom stereocenters. The average molecular weight is 402 g/mol. The maximum atomic E-state index is 13.3. The van der Waals surface area contributed by atoms with Gasteiger partial charge in [-0.2, -0.15) is 0 Å². The molecule has 5 rings (SSSR count). The highest BCUT2D eigenvalue weighted by Crippen LogP contribution is 2.46. The number of pyridine rings is 1. The second kappa shape index (κ2) is 7.40. The van der Waals surface area contributed by atoms with Crippen LogP contribution >= 0.6 is 0 Å². The number of hydrogen-bond donors (Lipinski definition) is 0. The summed E-state index contributed by atoms with van der Waals surface area (Å²) in [6, 6.07) is 13.5. The summed E-state index contributed by atoms with van der Waals surface area (Å²) in [5, 5.41) is 0. The van der Waals surface area contributed by atoms with Crippen LogP contribution in [-0.2, 0) is 0 Å². The van der Waals surface area contributed by atoms with E-state index in [-0.39, 0.29) is 35.5 Å². The van der Waals surface area contributed by atoms with Crippen LogP contribution in [0, 0.1) is 18.8 Å². The number of oxazole rings is 1. The molecule has 2 aliphatic rings. The Morgan fingerprint density at radius 2 is 1.87 bits per heavy atom. The van der Waals surface area contributed by atoms with Crippen LogP contribution in [0.4, 0.5) is 0 Å². The van der Waals surface area contributed by atoms with E-state index in [1.54, 1.807) is 18.3 Å².